The number of hydrogen-bond acceptors (Lipinski definition) is 3. The Morgan fingerprint density at radius 2 is 1.40 bits per heavy atom. The third kappa shape index (κ3) is 5.28. The number of carbonyl (C=O) groups excluding carboxylic acids is 1. The molecule has 3 rings (SSSR count). The van der Waals surface area contributed by atoms with Crippen LogP contribution in [-0.4, -0.2) is 29.6 Å². The van der Waals surface area contributed by atoms with Crippen LogP contribution in [0.1, 0.15) is 54.4 Å². The Kier molecular flexibility index (Phi) is 6.38. The quantitative estimate of drug-likeness (QED) is 0.531. The number of Topliss-reactive ketones (excluding diaryl/α,β-unsaturated/α-hetero) is 1. The van der Waals surface area contributed by atoms with Crippen LogP contribution in [0, 0.1) is 0 Å². The van der Waals surface area contributed by atoms with Gasteiger partial charge in [0.15, 0.2) is 5.78 Å². The first-order valence-corrected chi connectivity index (χ1v) is 9.29. The Hall–Kier alpha value is -2.42. The molecular formula is C22H26N2O. The lowest BCUT2D eigenvalue weighted by atomic mass is 10.0. The number of rotatable bonds is 7. The van der Waals surface area contributed by atoms with Gasteiger partial charge in [-0.3, -0.25) is 9.80 Å². The Balaban J connectivity index is 1.63. The first-order valence-electron chi connectivity index (χ1n) is 9.29. The summed E-state index contributed by atoms with van der Waals surface area (Å²) in [5.41, 5.74) is 3.07. The predicted molar refractivity (Wildman–Crippen MR) is 103 cm³/mol. The summed E-state index contributed by atoms with van der Waals surface area (Å²) in [4.78, 5) is 12.3. The largest absolute Gasteiger partial charge is 0.297 e. The second-order valence-corrected chi connectivity index (χ2v) is 6.57. The predicted octanol–water partition coefficient (Wildman–Crippen LogP) is 4.93. The number of ketones is 1. The van der Waals surface area contributed by atoms with Crippen molar-refractivity contribution in [3.05, 3.63) is 71.8 Å². The molecule has 0 saturated carbocycles. The SMILES string of the molecule is O=C(CCC/C(=N\N1CCCCC1)c1ccccc1)c1ccccc1. The molecule has 0 radical (unpaired) electrons. The van der Waals surface area contributed by atoms with Crippen molar-refractivity contribution in [2.45, 2.75) is 38.5 Å². The summed E-state index contributed by atoms with van der Waals surface area (Å²) in [6, 6.07) is 19.9. The van der Waals surface area contributed by atoms with Gasteiger partial charge in [-0.1, -0.05) is 60.7 Å². The van der Waals surface area contributed by atoms with E-state index in [0.717, 1.165) is 37.2 Å². The average Bonchev–Trinajstić information content (AvgIpc) is 2.69. The summed E-state index contributed by atoms with van der Waals surface area (Å²) in [5.74, 6) is 0.214. The highest BCUT2D eigenvalue weighted by Crippen LogP contribution is 2.15. The Morgan fingerprint density at radius 3 is 2.04 bits per heavy atom. The average molecular weight is 334 g/mol. The van der Waals surface area contributed by atoms with Crippen molar-refractivity contribution in [3.63, 3.8) is 0 Å². The molecule has 3 heteroatoms. The Labute approximate surface area is 150 Å². The highest BCUT2D eigenvalue weighted by Gasteiger charge is 2.12. The van der Waals surface area contributed by atoms with Crippen molar-refractivity contribution in [1.82, 2.24) is 5.01 Å². The van der Waals surface area contributed by atoms with E-state index in [4.69, 9.17) is 5.10 Å². The minimum atomic E-state index is 0.214. The minimum Gasteiger partial charge on any atom is -0.297 e. The summed E-state index contributed by atoms with van der Waals surface area (Å²) in [6.45, 7) is 2.08. The molecular weight excluding hydrogens is 308 g/mol. The zero-order valence-electron chi connectivity index (χ0n) is 14.7. The number of piperidine rings is 1. The van der Waals surface area contributed by atoms with E-state index in [1.54, 1.807) is 0 Å². The van der Waals surface area contributed by atoms with Gasteiger partial charge < -0.3 is 0 Å². The van der Waals surface area contributed by atoms with Crippen LogP contribution in [0.4, 0.5) is 0 Å². The molecule has 130 valence electrons. The molecule has 25 heavy (non-hydrogen) atoms. The molecule has 1 heterocycles. The van der Waals surface area contributed by atoms with E-state index < -0.39 is 0 Å². The normalized spacial score (nSPS) is 15.2. The van der Waals surface area contributed by atoms with Crippen molar-refractivity contribution >= 4 is 11.5 Å². The molecule has 2 aromatic rings. The van der Waals surface area contributed by atoms with Crippen LogP contribution in [0.2, 0.25) is 0 Å². The molecule has 0 N–H and O–H groups in total. The molecule has 2 aromatic carbocycles. The topological polar surface area (TPSA) is 32.7 Å². The Morgan fingerprint density at radius 1 is 0.800 bits per heavy atom. The highest BCUT2D eigenvalue weighted by atomic mass is 16.1. The van der Waals surface area contributed by atoms with Crippen molar-refractivity contribution in [3.8, 4) is 0 Å². The first kappa shape index (κ1) is 17.4. The van der Waals surface area contributed by atoms with Gasteiger partial charge in [-0.05, 0) is 37.7 Å². The van der Waals surface area contributed by atoms with Crippen molar-refractivity contribution in [2.24, 2.45) is 5.10 Å². The third-order valence-corrected chi connectivity index (χ3v) is 4.61. The monoisotopic (exact) mass is 334 g/mol. The van der Waals surface area contributed by atoms with Gasteiger partial charge in [-0.25, -0.2) is 0 Å². The number of nitrogens with zero attached hydrogens (tertiary/aromatic N) is 2. The standard InChI is InChI=1S/C22H26N2O/c25-22(20-13-6-2-7-14-20)16-10-15-21(19-11-4-1-5-12-19)23-24-17-8-3-9-18-24/h1-2,4-7,11-14H,3,8-10,15-18H2/b23-21+. The molecule has 0 aromatic heterocycles. The molecule has 0 atom stereocenters. The van der Waals surface area contributed by atoms with Crippen molar-refractivity contribution < 1.29 is 4.79 Å². The summed E-state index contributed by atoms with van der Waals surface area (Å²) in [7, 11) is 0. The van der Waals surface area contributed by atoms with Gasteiger partial charge >= 0.3 is 0 Å². The van der Waals surface area contributed by atoms with E-state index >= 15 is 0 Å². The molecule has 0 unspecified atom stereocenters. The van der Waals surface area contributed by atoms with E-state index in [9.17, 15) is 4.79 Å². The zero-order chi connectivity index (χ0) is 17.3. The molecule has 0 bridgehead atoms. The fourth-order valence-corrected chi connectivity index (χ4v) is 3.22. The fourth-order valence-electron chi connectivity index (χ4n) is 3.22. The molecule has 0 amide bonds. The second kappa shape index (κ2) is 9.16. The van der Waals surface area contributed by atoms with Gasteiger partial charge in [0.25, 0.3) is 0 Å². The molecule has 1 aliphatic rings. The number of hydrazone groups is 1. The lowest BCUT2D eigenvalue weighted by Crippen LogP contribution is -2.26. The molecule has 0 spiro atoms. The van der Waals surface area contributed by atoms with Gasteiger partial charge in [0.1, 0.15) is 0 Å². The summed E-state index contributed by atoms with van der Waals surface area (Å²) in [6.07, 6.45) is 5.97. The zero-order valence-corrected chi connectivity index (χ0v) is 14.7. The van der Waals surface area contributed by atoms with Gasteiger partial charge in [0, 0.05) is 25.1 Å². The van der Waals surface area contributed by atoms with Crippen LogP contribution in [0.15, 0.2) is 65.8 Å². The minimum absolute atomic E-state index is 0.214. The van der Waals surface area contributed by atoms with Crippen LogP contribution in [0.25, 0.3) is 0 Å². The lowest BCUT2D eigenvalue weighted by Gasteiger charge is -2.25. The van der Waals surface area contributed by atoms with Crippen molar-refractivity contribution in [1.29, 1.82) is 0 Å². The summed E-state index contributed by atoms with van der Waals surface area (Å²) >= 11 is 0. The lowest BCUT2D eigenvalue weighted by molar-refractivity contribution is 0.0981. The maximum atomic E-state index is 12.3. The van der Waals surface area contributed by atoms with E-state index in [2.05, 4.69) is 29.3 Å². The highest BCUT2D eigenvalue weighted by molar-refractivity contribution is 6.01. The maximum Gasteiger partial charge on any atom is 0.162 e. The van der Waals surface area contributed by atoms with Gasteiger partial charge in [0.05, 0.1) is 5.71 Å². The van der Waals surface area contributed by atoms with E-state index in [0.29, 0.717) is 6.42 Å². The van der Waals surface area contributed by atoms with E-state index in [-0.39, 0.29) is 5.78 Å². The molecule has 1 fully saturated rings. The van der Waals surface area contributed by atoms with Crippen LogP contribution in [0.3, 0.4) is 0 Å². The van der Waals surface area contributed by atoms with Gasteiger partial charge in [-0.15, -0.1) is 0 Å². The van der Waals surface area contributed by atoms with Crippen LogP contribution in [0.5, 0.6) is 0 Å². The van der Waals surface area contributed by atoms with E-state index in [1.165, 1.54) is 24.8 Å². The number of hydrogen-bond donors (Lipinski definition) is 0. The van der Waals surface area contributed by atoms with E-state index in [1.807, 2.05) is 36.4 Å². The Bertz CT molecular complexity index is 688. The number of carbonyl (C=O) groups is 1. The second-order valence-electron chi connectivity index (χ2n) is 6.57. The van der Waals surface area contributed by atoms with Crippen LogP contribution >= 0.6 is 0 Å². The van der Waals surface area contributed by atoms with Crippen LogP contribution < -0.4 is 0 Å². The van der Waals surface area contributed by atoms with Gasteiger partial charge in [0.2, 0.25) is 0 Å². The fraction of sp³-hybridized carbons (Fsp3) is 0.364. The molecule has 1 saturated heterocycles. The third-order valence-electron chi connectivity index (χ3n) is 4.61. The first-order chi connectivity index (χ1) is 12.3. The molecule has 0 aliphatic carbocycles. The van der Waals surface area contributed by atoms with Crippen LogP contribution in [-0.2, 0) is 0 Å². The molecule has 3 nitrogen and oxygen atoms in total. The molecule has 1 aliphatic heterocycles. The smallest absolute Gasteiger partial charge is 0.162 e. The summed E-state index contributed by atoms with van der Waals surface area (Å²) in [5, 5.41) is 7.11. The summed E-state index contributed by atoms with van der Waals surface area (Å²) < 4.78 is 0. The van der Waals surface area contributed by atoms with Gasteiger partial charge in [-0.2, -0.15) is 5.10 Å². The van der Waals surface area contributed by atoms with Crippen molar-refractivity contribution in [2.75, 3.05) is 13.1 Å². The number of benzene rings is 2. The maximum absolute atomic E-state index is 12.3.